The van der Waals surface area contributed by atoms with Gasteiger partial charge in [-0.1, -0.05) is 30.3 Å². The van der Waals surface area contributed by atoms with E-state index >= 15 is 0 Å². The largest absolute Gasteiger partial charge is 0.377 e. The highest BCUT2D eigenvalue weighted by Crippen LogP contribution is 2.24. The summed E-state index contributed by atoms with van der Waals surface area (Å²) in [5.41, 5.74) is 3.00. The van der Waals surface area contributed by atoms with Crippen molar-refractivity contribution in [2.75, 3.05) is 37.4 Å². The molecule has 0 atom stereocenters. The minimum Gasteiger partial charge on any atom is -0.377 e. The van der Waals surface area contributed by atoms with Crippen LogP contribution in [0.4, 0.5) is 16.2 Å². The normalized spacial score (nSPS) is 10.2. The van der Waals surface area contributed by atoms with Crippen molar-refractivity contribution in [3.63, 3.8) is 0 Å². The molecule has 0 aliphatic carbocycles. The molecule has 2 rings (SSSR count). The smallest absolute Gasteiger partial charge is 0.319 e. The van der Waals surface area contributed by atoms with Crippen molar-refractivity contribution >= 4 is 23.3 Å². The first-order chi connectivity index (χ1) is 13.0. The maximum atomic E-state index is 12.9. The minimum absolute atomic E-state index is 0.0444. The molecular formula is C21H28N4O2. The van der Waals surface area contributed by atoms with Crippen molar-refractivity contribution in [3.8, 4) is 0 Å². The Balaban J connectivity index is 2.14. The summed E-state index contributed by atoms with van der Waals surface area (Å²) in [6, 6.07) is 14.8. The van der Waals surface area contributed by atoms with Crippen LogP contribution in [0.2, 0.25) is 0 Å². The molecule has 2 N–H and O–H groups in total. The molecule has 0 aliphatic rings. The molecule has 0 spiro atoms. The molecule has 0 saturated carbocycles. The molecule has 0 unspecified atom stereocenters. The quantitative estimate of drug-likeness (QED) is 0.785. The Bertz CT molecular complexity index is 771. The number of carbonyl (C=O) groups is 2. The van der Waals surface area contributed by atoms with E-state index in [-0.39, 0.29) is 11.9 Å². The van der Waals surface area contributed by atoms with E-state index in [4.69, 9.17) is 0 Å². The summed E-state index contributed by atoms with van der Waals surface area (Å²) in [6.45, 7) is 5.62. The number of rotatable bonds is 7. The van der Waals surface area contributed by atoms with E-state index in [1.807, 2.05) is 69.2 Å². The zero-order valence-electron chi connectivity index (χ0n) is 16.5. The Labute approximate surface area is 161 Å². The molecule has 2 aromatic rings. The van der Waals surface area contributed by atoms with Gasteiger partial charge in [-0.3, -0.25) is 4.79 Å². The highest BCUT2D eigenvalue weighted by Gasteiger charge is 2.18. The van der Waals surface area contributed by atoms with Crippen LogP contribution >= 0.6 is 0 Å². The van der Waals surface area contributed by atoms with Crippen molar-refractivity contribution in [1.29, 1.82) is 0 Å². The molecule has 27 heavy (non-hydrogen) atoms. The predicted molar refractivity (Wildman–Crippen MR) is 110 cm³/mol. The van der Waals surface area contributed by atoms with Crippen molar-refractivity contribution in [3.05, 3.63) is 59.7 Å². The molecule has 6 heteroatoms. The summed E-state index contributed by atoms with van der Waals surface area (Å²) in [6.07, 6.45) is 0. The monoisotopic (exact) mass is 368 g/mol. The van der Waals surface area contributed by atoms with E-state index in [1.165, 1.54) is 0 Å². The van der Waals surface area contributed by atoms with Crippen molar-refractivity contribution in [1.82, 2.24) is 10.2 Å². The highest BCUT2D eigenvalue weighted by molar-refractivity contribution is 6.01. The fourth-order valence-corrected chi connectivity index (χ4v) is 2.81. The SMILES string of the molecule is CCN(CC)C(=O)c1cc(NC(=O)NCc2ccccc2)ccc1N(C)C. The first-order valence-electron chi connectivity index (χ1n) is 9.15. The van der Waals surface area contributed by atoms with Crippen LogP contribution in [0.25, 0.3) is 0 Å². The number of nitrogens with one attached hydrogen (secondary N) is 2. The lowest BCUT2D eigenvalue weighted by molar-refractivity contribution is 0.0773. The van der Waals surface area contributed by atoms with E-state index in [0.29, 0.717) is 30.9 Å². The standard InChI is InChI=1S/C21H28N4O2/c1-5-25(6-2)20(26)18-14-17(12-13-19(18)24(3)4)23-21(27)22-15-16-10-8-7-9-11-16/h7-14H,5-6,15H2,1-4H3,(H2,22,23,27). The van der Waals surface area contributed by atoms with Crippen LogP contribution in [0, 0.1) is 0 Å². The topological polar surface area (TPSA) is 64.7 Å². The molecule has 0 fully saturated rings. The van der Waals surface area contributed by atoms with Gasteiger partial charge in [0.05, 0.1) is 5.56 Å². The lowest BCUT2D eigenvalue weighted by Gasteiger charge is -2.23. The zero-order valence-corrected chi connectivity index (χ0v) is 16.5. The molecule has 3 amide bonds. The van der Waals surface area contributed by atoms with Crippen LogP contribution in [0.5, 0.6) is 0 Å². The number of hydrogen-bond acceptors (Lipinski definition) is 3. The Morgan fingerprint density at radius 1 is 0.963 bits per heavy atom. The zero-order chi connectivity index (χ0) is 19.8. The van der Waals surface area contributed by atoms with Crippen LogP contribution in [0.3, 0.4) is 0 Å². The first kappa shape index (κ1) is 20.3. The van der Waals surface area contributed by atoms with Crippen molar-refractivity contribution in [2.45, 2.75) is 20.4 Å². The van der Waals surface area contributed by atoms with Gasteiger partial charge >= 0.3 is 6.03 Å². The van der Waals surface area contributed by atoms with E-state index in [9.17, 15) is 9.59 Å². The maximum absolute atomic E-state index is 12.9. The maximum Gasteiger partial charge on any atom is 0.319 e. The van der Waals surface area contributed by atoms with Gasteiger partial charge in [-0.05, 0) is 37.6 Å². The van der Waals surface area contributed by atoms with Gasteiger partial charge in [0.25, 0.3) is 5.91 Å². The molecule has 144 valence electrons. The number of carbonyl (C=O) groups excluding carboxylic acids is 2. The Morgan fingerprint density at radius 2 is 1.63 bits per heavy atom. The molecule has 0 heterocycles. The van der Waals surface area contributed by atoms with Gasteiger partial charge in [0.1, 0.15) is 0 Å². The van der Waals surface area contributed by atoms with Gasteiger partial charge in [0.2, 0.25) is 0 Å². The van der Waals surface area contributed by atoms with E-state index < -0.39 is 0 Å². The molecule has 6 nitrogen and oxygen atoms in total. The molecule has 0 radical (unpaired) electrons. The summed E-state index contributed by atoms with van der Waals surface area (Å²) in [4.78, 5) is 28.7. The fourth-order valence-electron chi connectivity index (χ4n) is 2.81. The number of nitrogens with zero attached hydrogens (tertiary/aromatic N) is 2. The minimum atomic E-state index is -0.308. The van der Waals surface area contributed by atoms with Gasteiger partial charge < -0.3 is 20.4 Å². The second-order valence-electron chi connectivity index (χ2n) is 6.40. The average molecular weight is 368 g/mol. The summed E-state index contributed by atoms with van der Waals surface area (Å²) < 4.78 is 0. The van der Waals surface area contributed by atoms with Crippen molar-refractivity contribution < 1.29 is 9.59 Å². The first-order valence-corrected chi connectivity index (χ1v) is 9.15. The molecule has 2 aromatic carbocycles. The Hall–Kier alpha value is -3.02. The second kappa shape index (κ2) is 9.62. The molecule has 0 saturated heterocycles. The summed E-state index contributed by atoms with van der Waals surface area (Å²) >= 11 is 0. The summed E-state index contributed by atoms with van der Waals surface area (Å²) in [5.74, 6) is -0.0444. The fraction of sp³-hybridized carbons (Fsp3) is 0.333. The van der Waals surface area contributed by atoms with E-state index in [1.54, 1.807) is 17.0 Å². The number of urea groups is 1. The third-order valence-electron chi connectivity index (χ3n) is 4.31. The lowest BCUT2D eigenvalue weighted by atomic mass is 10.1. The molecular weight excluding hydrogens is 340 g/mol. The van der Waals surface area contributed by atoms with Crippen LogP contribution in [-0.2, 0) is 6.54 Å². The Morgan fingerprint density at radius 3 is 2.22 bits per heavy atom. The number of benzene rings is 2. The third-order valence-corrected chi connectivity index (χ3v) is 4.31. The molecule has 0 aliphatic heterocycles. The van der Waals surface area contributed by atoms with Gasteiger partial charge in [-0.2, -0.15) is 0 Å². The van der Waals surface area contributed by atoms with Gasteiger partial charge in [0, 0.05) is 45.1 Å². The predicted octanol–water partition coefficient (Wildman–Crippen LogP) is 3.56. The number of anilines is 2. The second-order valence-corrected chi connectivity index (χ2v) is 6.40. The van der Waals surface area contributed by atoms with Crippen LogP contribution < -0.4 is 15.5 Å². The highest BCUT2D eigenvalue weighted by atomic mass is 16.2. The average Bonchev–Trinajstić information content (AvgIpc) is 2.67. The molecule has 0 aromatic heterocycles. The van der Waals surface area contributed by atoms with Crippen molar-refractivity contribution in [2.24, 2.45) is 0 Å². The van der Waals surface area contributed by atoms with Gasteiger partial charge in [0.15, 0.2) is 0 Å². The molecule has 0 bridgehead atoms. The van der Waals surface area contributed by atoms with Crippen LogP contribution in [0.15, 0.2) is 48.5 Å². The third kappa shape index (κ3) is 5.48. The van der Waals surface area contributed by atoms with Gasteiger partial charge in [-0.25, -0.2) is 4.79 Å². The lowest BCUT2D eigenvalue weighted by Crippen LogP contribution is -2.32. The van der Waals surface area contributed by atoms with E-state index in [0.717, 1.165) is 11.3 Å². The van der Waals surface area contributed by atoms with Crippen LogP contribution in [0.1, 0.15) is 29.8 Å². The Kier molecular flexibility index (Phi) is 7.23. The number of hydrogen-bond donors (Lipinski definition) is 2. The number of amides is 3. The van der Waals surface area contributed by atoms with E-state index in [2.05, 4.69) is 10.6 Å². The van der Waals surface area contributed by atoms with Gasteiger partial charge in [-0.15, -0.1) is 0 Å². The van der Waals surface area contributed by atoms with Crippen LogP contribution in [-0.4, -0.2) is 44.0 Å². The summed E-state index contributed by atoms with van der Waals surface area (Å²) in [7, 11) is 3.79. The summed E-state index contributed by atoms with van der Waals surface area (Å²) in [5, 5.41) is 5.63.